The van der Waals surface area contributed by atoms with Gasteiger partial charge in [0.2, 0.25) is 5.43 Å². The number of ether oxygens (including phenoxy) is 1. The van der Waals surface area contributed by atoms with Gasteiger partial charge < -0.3 is 13.9 Å². The second-order valence-electron chi connectivity index (χ2n) is 7.62. The summed E-state index contributed by atoms with van der Waals surface area (Å²) in [5.74, 6) is -1.43. The normalized spacial score (nSPS) is 11.2. The molecule has 0 radical (unpaired) electrons. The first-order valence-corrected chi connectivity index (χ1v) is 10.6. The third kappa shape index (κ3) is 3.67. The largest absolute Gasteiger partial charge is 0.462 e. The minimum Gasteiger partial charge on any atom is -0.462 e. The lowest BCUT2D eigenvalue weighted by atomic mass is 10.1. The zero-order chi connectivity index (χ0) is 22.9. The van der Waals surface area contributed by atoms with Gasteiger partial charge in [-0.2, -0.15) is 0 Å². The number of halogens is 1. The molecule has 0 aliphatic heterocycles. The summed E-state index contributed by atoms with van der Waals surface area (Å²) < 4.78 is 23.3. The summed E-state index contributed by atoms with van der Waals surface area (Å²) in [6, 6.07) is 18.2. The van der Waals surface area contributed by atoms with Crippen molar-refractivity contribution in [2.24, 2.45) is 0 Å². The van der Waals surface area contributed by atoms with Gasteiger partial charge in [-0.15, -0.1) is 0 Å². The van der Waals surface area contributed by atoms with E-state index in [0.29, 0.717) is 12.1 Å². The van der Waals surface area contributed by atoms with Crippen LogP contribution in [0.5, 0.6) is 0 Å². The molecular weight excluding hydrogens is 421 g/mol. The number of carbonyl (C=O) groups is 1. The number of rotatable bonds is 5. The SMILES string of the molecule is CCOC(=O)c1cn(Cc2ccc(-n3ccc4cccnc43)cc2)c2cccc(F)c2c1=O. The fourth-order valence-electron chi connectivity index (χ4n) is 4.01. The van der Waals surface area contributed by atoms with Crippen molar-refractivity contribution in [1.82, 2.24) is 14.1 Å². The van der Waals surface area contributed by atoms with E-state index in [0.717, 1.165) is 22.3 Å². The highest BCUT2D eigenvalue weighted by molar-refractivity contribution is 5.94. The van der Waals surface area contributed by atoms with Gasteiger partial charge in [0.25, 0.3) is 0 Å². The third-order valence-electron chi connectivity index (χ3n) is 5.57. The Hall–Kier alpha value is -4.26. The monoisotopic (exact) mass is 441 g/mol. The predicted molar refractivity (Wildman–Crippen MR) is 124 cm³/mol. The number of esters is 1. The first-order valence-electron chi connectivity index (χ1n) is 10.6. The number of aromatic nitrogens is 3. The van der Waals surface area contributed by atoms with Crippen molar-refractivity contribution in [3.63, 3.8) is 0 Å². The Balaban J connectivity index is 1.55. The molecule has 0 aliphatic carbocycles. The maximum atomic E-state index is 14.6. The minimum atomic E-state index is -0.760. The van der Waals surface area contributed by atoms with E-state index >= 15 is 0 Å². The number of carbonyl (C=O) groups excluding carboxylic acids is 1. The molecule has 164 valence electrons. The van der Waals surface area contributed by atoms with Crippen molar-refractivity contribution in [1.29, 1.82) is 0 Å². The minimum absolute atomic E-state index is 0.121. The highest BCUT2D eigenvalue weighted by Crippen LogP contribution is 2.21. The van der Waals surface area contributed by atoms with E-state index in [1.807, 2.05) is 53.2 Å². The average Bonchev–Trinajstić information content (AvgIpc) is 3.25. The summed E-state index contributed by atoms with van der Waals surface area (Å²) in [5, 5.41) is 0.930. The van der Waals surface area contributed by atoms with Crippen molar-refractivity contribution in [2.45, 2.75) is 13.5 Å². The molecule has 0 bridgehead atoms. The highest BCUT2D eigenvalue weighted by Gasteiger charge is 2.19. The number of nitrogens with zero attached hydrogens (tertiary/aromatic N) is 3. The van der Waals surface area contributed by atoms with E-state index in [1.165, 1.54) is 12.3 Å². The van der Waals surface area contributed by atoms with Gasteiger partial charge in [0.05, 0.1) is 17.5 Å². The van der Waals surface area contributed by atoms with Gasteiger partial charge in [0.1, 0.15) is 17.0 Å². The molecule has 3 aromatic heterocycles. The van der Waals surface area contributed by atoms with Crippen molar-refractivity contribution in [3.05, 3.63) is 106 Å². The van der Waals surface area contributed by atoms with E-state index in [-0.39, 0.29) is 17.6 Å². The number of hydrogen-bond acceptors (Lipinski definition) is 4. The maximum Gasteiger partial charge on any atom is 0.343 e. The van der Waals surface area contributed by atoms with E-state index < -0.39 is 17.2 Å². The highest BCUT2D eigenvalue weighted by atomic mass is 19.1. The van der Waals surface area contributed by atoms with Crippen LogP contribution in [-0.2, 0) is 11.3 Å². The Kier molecular flexibility index (Phi) is 5.22. The van der Waals surface area contributed by atoms with Gasteiger partial charge in [0, 0.05) is 36.2 Å². The van der Waals surface area contributed by atoms with Gasteiger partial charge in [0.15, 0.2) is 0 Å². The quantitative estimate of drug-likeness (QED) is 0.371. The molecule has 0 saturated carbocycles. The smallest absolute Gasteiger partial charge is 0.343 e. The molecule has 0 atom stereocenters. The molecule has 0 aliphatic rings. The van der Waals surface area contributed by atoms with Crippen molar-refractivity contribution in [3.8, 4) is 5.69 Å². The number of pyridine rings is 2. The lowest BCUT2D eigenvalue weighted by Gasteiger charge is -2.14. The molecule has 7 heteroatoms. The van der Waals surface area contributed by atoms with Crippen molar-refractivity contribution in [2.75, 3.05) is 6.61 Å². The molecule has 33 heavy (non-hydrogen) atoms. The van der Waals surface area contributed by atoms with Crippen LogP contribution >= 0.6 is 0 Å². The van der Waals surface area contributed by atoms with Gasteiger partial charge in [-0.1, -0.05) is 18.2 Å². The first-order chi connectivity index (χ1) is 16.1. The second kappa shape index (κ2) is 8.35. The van der Waals surface area contributed by atoms with Crippen LogP contribution in [0.2, 0.25) is 0 Å². The Morgan fingerprint density at radius 1 is 1.06 bits per heavy atom. The van der Waals surface area contributed by atoms with Crippen LogP contribution in [0.15, 0.2) is 84.0 Å². The Morgan fingerprint density at radius 3 is 2.67 bits per heavy atom. The molecule has 6 nitrogen and oxygen atoms in total. The summed E-state index contributed by atoms with van der Waals surface area (Å²) in [6.45, 7) is 2.12. The second-order valence-corrected chi connectivity index (χ2v) is 7.62. The molecule has 0 fully saturated rings. The number of hydrogen-bond donors (Lipinski definition) is 0. The van der Waals surface area contributed by atoms with Crippen LogP contribution in [0.4, 0.5) is 4.39 Å². The third-order valence-corrected chi connectivity index (χ3v) is 5.57. The van der Waals surface area contributed by atoms with Crippen LogP contribution < -0.4 is 5.43 Å². The maximum absolute atomic E-state index is 14.6. The van der Waals surface area contributed by atoms with E-state index in [1.54, 1.807) is 29.8 Å². The average molecular weight is 441 g/mol. The fraction of sp³-hybridized carbons (Fsp3) is 0.115. The van der Waals surface area contributed by atoms with Gasteiger partial charge >= 0.3 is 5.97 Å². The fourth-order valence-corrected chi connectivity index (χ4v) is 4.01. The van der Waals surface area contributed by atoms with Crippen LogP contribution in [0.25, 0.3) is 27.6 Å². The molecule has 0 N–H and O–H groups in total. The Morgan fingerprint density at radius 2 is 1.88 bits per heavy atom. The van der Waals surface area contributed by atoms with Crippen molar-refractivity contribution < 1.29 is 13.9 Å². The lowest BCUT2D eigenvalue weighted by Crippen LogP contribution is -2.22. The molecular formula is C26H20FN3O3. The van der Waals surface area contributed by atoms with Crippen LogP contribution in [0.1, 0.15) is 22.8 Å². The van der Waals surface area contributed by atoms with E-state index in [9.17, 15) is 14.0 Å². The zero-order valence-electron chi connectivity index (χ0n) is 17.9. The van der Waals surface area contributed by atoms with Crippen LogP contribution in [0, 0.1) is 5.82 Å². The molecule has 0 amide bonds. The molecule has 5 aromatic rings. The molecule has 0 saturated heterocycles. The molecule has 0 unspecified atom stereocenters. The van der Waals surface area contributed by atoms with Gasteiger partial charge in [-0.25, -0.2) is 14.2 Å². The molecule has 0 spiro atoms. The summed E-state index contributed by atoms with van der Waals surface area (Å²) in [7, 11) is 0. The lowest BCUT2D eigenvalue weighted by molar-refractivity contribution is 0.0524. The Labute approximate surface area is 188 Å². The zero-order valence-corrected chi connectivity index (χ0v) is 17.9. The Bertz CT molecular complexity index is 1550. The molecule has 3 heterocycles. The van der Waals surface area contributed by atoms with E-state index in [4.69, 9.17) is 4.74 Å². The van der Waals surface area contributed by atoms with Crippen LogP contribution in [0.3, 0.4) is 0 Å². The summed E-state index contributed by atoms with van der Waals surface area (Å²) in [6.07, 6.45) is 5.17. The number of fused-ring (bicyclic) bond motifs is 2. The van der Waals surface area contributed by atoms with Gasteiger partial charge in [-0.05, 0) is 55.0 Å². The molecule has 5 rings (SSSR count). The summed E-state index contributed by atoms with van der Waals surface area (Å²) >= 11 is 0. The topological polar surface area (TPSA) is 66.1 Å². The van der Waals surface area contributed by atoms with Crippen molar-refractivity contribution >= 4 is 27.9 Å². The van der Waals surface area contributed by atoms with E-state index in [2.05, 4.69) is 4.98 Å². The summed E-state index contributed by atoms with van der Waals surface area (Å²) in [5.41, 5.74) is 2.31. The first kappa shape index (κ1) is 20.6. The predicted octanol–water partition coefficient (Wildman–Crippen LogP) is 4.70. The van der Waals surface area contributed by atoms with Crippen LogP contribution in [-0.4, -0.2) is 26.7 Å². The summed E-state index contributed by atoms with van der Waals surface area (Å²) in [4.78, 5) is 29.6. The number of benzene rings is 2. The van der Waals surface area contributed by atoms with Gasteiger partial charge in [-0.3, -0.25) is 4.79 Å². The molecule has 2 aromatic carbocycles. The standard InChI is InChI=1S/C26H20FN3O3/c1-2-33-26(32)20-16-29(22-7-3-6-21(27)23(22)24(20)31)15-17-8-10-19(11-9-17)30-14-12-18-5-4-13-28-25(18)30/h3-14,16H,2,15H2,1H3.